The Labute approximate surface area is 149 Å². The maximum Gasteiger partial charge on any atom is 0.292 e. The Morgan fingerprint density at radius 3 is 2.58 bits per heavy atom. The summed E-state index contributed by atoms with van der Waals surface area (Å²) in [6.07, 6.45) is 0. The number of hydrogen-bond acceptors (Lipinski definition) is 5. The van der Waals surface area contributed by atoms with Crippen LogP contribution < -0.4 is 5.32 Å². The zero-order valence-corrected chi connectivity index (χ0v) is 14.0. The van der Waals surface area contributed by atoms with E-state index >= 15 is 0 Å². The van der Waals surface area contributed by atoms with Crippen molar-refractivity contribution in [1.29, 1.82) is 0 Å². The second kappa shape index (κ2) is 8.20. The number of benzene rings is 2. The zero-order valence-electron chi connectivity index (χ0n) is 14.0. The van der Waals surface area contributed by atoms with Gasteiger partial charge in [0.05, 0.1) is 24.2 Å². The minimum absolute atomic E-state index is 0.102. The monoisotopic (exact) mass is 363 g/mol. The van der Waals surface area contributed by atoms with Crippen LogP contribution in [-0.4, -0.2) is 42.7 Å². The van der Waals surface area contributed by atoms with Crippen LogP contribution >= 0.6 is 0 Å². The number of nitrogens with zero attached hydrogens (tertiary/aromatic N) is 2. The molecular weight excluding hydrogens is 344 g/mol. The molecule has 0 saturated carbocycles. The van der Waals surface area contributed by atoms with Crippen molar-refractivity contribution >= 4 is 11.4 Å². The Kier molecular flexibility index (Phi) is 5.75. The third-order valence-corrected chi connectivity index (χ3v) is 4.36. The molecule has 2 aromatic carbocycles. The number of nitro groups is 1. The van der Waals surface area contributed by atoms with Gasteiger partial charge in [0.1, 0.15) is 17.3 Å². The van der Waals surface area contributed by atoms with Gasteiger partial charge < -0.3 is 10.1 Å². The number of rotatable bonds is 6. The smallest absolute Gasteiger partial charge is 0.292 e. The molecule has 8 heteroatoms. The Bertz CT molecular complexity index is 782. The molecule has 1 fully saturated rings. The molecule has 1 heterocycles. The first kappa shape index (κ1) is 18.2. The van der Waals surface area contributed by atoms with Crippen LogP contribution in [0.5, 0.6) is 0 Å². The van der Waals surface area contributed by atoms with Crippen molar-refractivity contribution in [3.8, 4) is 0 Å². The zero-order chi connectivity index (χ0) is 18.5. The standard InChI is InChI=1S/C18H19F2N3O3/c19-14-3-1-2-13(10-14)18(22-6-8-26-9-7-22)12-21-16-11-15(20)4-5-17(16)23(24)25/h1-5,10-11,18,21H,6-9,12H2. The van der Waals surface area contributed by atoms with Crippen LogP contribution in [0, 0.1) is 21.7 Å². The second-order valence-corrected chi connectivity index (χ2v) is 6.02. The Balaban J connectivity index is 1.84. The molecule has 1 aliphatic rings. The van der Waals surface area contributed by atoms with E-state index in [9.17, 15) is 18.9 Å². The van der Waals surface area contributed by atoms with Crippen LogP contribution in [0.2, 0.25) is 0 Å². The lowest BCUT2D eigenvalue weighted by Gasteiger charge is -2.35. The summed E-state index contributed by atoms with van der Waals surface area (Å²) in [5.41, 5.74) is 0.648. The van der Waals surface area contributed by atoms with Gasteiger partial charge in [-0.1, -0.05) is 12.1 Å². The number of anilines is 1. The highest BCUT2D eigenvalue weighted by atomic mass is 19.1. The van der Waals surface area contributed by atoms with E-state index in [1.54, 1.807) is 6.07 Å². The number of nitrogens with one attached hydrogen (secondary N) is 1. The van der Waals surface area contributed by atoms with Crippen molar-refractivity contribution in [3.05, 3.63) is 69.8 Å². The summed E-state index contributed by atoms with van der Waals surface area (Å²) < 4.78 is 32.6. The molecule has 6 nitrogen and oxygen atoms in total. The minimum atomic E-state index is -0.563. The Morgan fingerprint density at radius 1 is 1.15 bits per heavy atom. The molecule has 0 aromatic heterocycles. The lowest BCUT2D eigenvalue weighted by atomic mass is 10.0. The molecule has 1 unspecified atom stereocenters. The fourth-order valence-corrected chi connectivity index (χ4v) is 3.08. The summed E-state index contributed by atoms with van der Waals surface area (Å²) in [6, 6.07) is 9.30. The molecule has 26 heavy (non-hydrogen) atoms. The molecule has 2 aromatic rings. The van der Waals surface area contributed by atoms with Gasteiger partial charge >= 0.3 is 0 Å². The predicted octanol–water partition coefficient (Wildman–Crippen LogP) is 3.36. The predicted molar refractivity (Wildman–Crippen MR) is 93.1 cm³/mol. The first-order chi connectivity index (χ1) is 12.5. The van der Waals surface area contributed by atoms with Gasteiger partial charge in [-0.3, -0.25) is 15.0 Å². The van der Waals surface area contributed by atoms with E-state index in [1.165, 1.54) is 12.1 Å². The Morgan fingerprint density at radius 2 is 1.88 bits per heavy atom. The molecule has 1 saturated heterocycles. The largest absolute Gasteiger partial charge is 0.379 e. The van der Waals surface area contributed by atoms with Crippen molar-refractivity contribution in [2.75, 3.05) is 38.2 Å². The second-order valence-electron chi connectivity index (χ2n) is 6.02. The normalized spacial score (nSPS) is 16.2. The fourth-order valence-electron chi connectivity index (χ4n) is 3.08. The van der Waals surface area contributed by atoms with Gasteiger partial charge in [-0.2, -0.15) is 0 Å². The van der Waals surface area contributed by atoms with E-state index < -0.39 is 10.7 Å². The van der Waals surface area contributed by atoms with E-state index in [4.69, 9.17) is 4.74 Å². The molecule has 0 aliphatic carbocycles. The highest BCUT2D eigenvalue weighted by molar-refractivity contribution is 5.61. The van der Waals surface area contributed by atoms with E-state index in [1.807, 2.05) is 6.07 Å². The molecular formula is C18H19F2N3O3. The molecule has 1 atom stereocenters. The molecule has 0 bridgehead atoms. The summed E-state index contributed by atoms with van der Waals surface area (Å²) >= 11 is 0. The number of nitro benzene ring substituents is 1. The van der Waals surface area contributed by atoms with Gasteiger partial charge in [-0.15, -0.1) is 0 Å². The van der Waals surface area contributed by atoms with Gasteiger partial charge in [0.2, 0.25) is 0 Å². The summed E-state index contributed by atoms with van der Waals surface area (Å²) in [7, 11) is 0. The average molecular weight is 363 g/mol. The topological polar surface area (TPSA) is 67.6 Å². The van der Waals surface area contributed by atoms with Crippen LogP contribution in [-0.2, 0) is 4.74 Å². The van der Waals surface area contributed by atoms with Crippen LogP contribution in [0.3, 0.4) is 0 Å². The molecule has 1 aliphatic heterocycles. The highest BCUT2D eigenvalue weighted by Crippen LogP contribution is 2.28. The maximum absolute atomic E-state index is 13.7. The fraction of sp³-hybridized carbons (Fsp3) is 0.333. The van der Waals surface area contributed by atoms with E-state index in [2.05, 4.69) is 10.2 Å². The lowest BCUT2D eigenvalue weighted by molar-refractivity contribution is -0.384. The van der Waals surface area contributed by atoms with Crippen molar-refractivity contribution in [2.24, 2.45) is 0 Å². The summed E-state index contributed by atoms with van der Waals surface area (Å²) in [6.45, 7) is 2.72. The SMILES string of the molecule is O=[N+]([O-])c1ccc(F)cc1NCC(c1cccc(F)c1)N1CCOCC1. The molecule has 0 spiro atoms. The van der Waals surface area contributed by atoms with E-state index in [0.717, 1.165) is 23.8 Å². The highest BCUT2D eigenvalue weighted by Gasteiger charge is 2.24. The van der Waals surface area contributed by atoms with Gasteiger partial charge in [0.15, 0.2) is 0 Å². The quantitative estimate of drug-likeness (QED) is 0.630. The van der Waals surface area contributed by atoms with Crippen molar-refractivity contribution in [1.82, 2.24) is 4.90 Å². The van der Waals surface area contributed by atoms with Gasteiger partial charge in [0, 0.05) is 31.8 Å². The van der Waals surface area contributed by atoms with Gasteiger partial charge in [-0.05, 0) is 23.8 Å². The minimum Gasteiger partial charge on any atom is -0.379 e. The third kappa shape index (κ3) is 4.33. The van der Waals surface area contributed by atoms with Crippen LogP contribution in [0.15, 0.2) is 42.5 Å². The molecule has 138 valence electrons. The van der Waals surface area contributed by atoms with Gasteiger partial charge in [-0.25, -0.2) is 8.78 Å². The summed E-state index contributed by atoms with van der Waals surface area (Å²) in [4.78, 5) is 12.7. The van der Waals surface area contributed by atoms with Crippen LogP contribution in [0.1, 0.15) is 11.6 Å². The molecule has 1 N–H and O–H groups in total. The molecule has 3 rings (SSSR count). The number of halogens is 2. The summed E-state index contributed by atoms with van der Waals surface area (Å²) in [5, 5.41) is 14.1. The maximum atomic E-state index is 13.7. The first-order valence-corrected chi connectivity index (χ1v) is 8.29. The Hall–Kier alpha value is -2.58. The van der Waals surface area contributed by atoms with Crippen molar-refractivity contribution < 1.29 is 18.4 Å². The molecule has 0 radical (unpaired) electrons. The van der Waals surface area contributed by atoms with Crippen LogP contribution in [0.25, 0.3) is 0 Å². The molecule has 0 amide bonds. The van der Waals surface area contributed by atoms with Crippen molar-refractivity contribution in [2.45, 2.75) is 6.04 Å². The third-order valence-electron chi connectivity index (χ3n) is 4.36. The average Bonchev–Trinajstić information content (AvgIpc) is 2.63. The van der Waals surface area contributed by atoms with E-state index in [-0.39, 0.29) is 29.8 Å². The number of ether oxygens (including phenoxy) is 1. The first-order valence-electron chi connectivity index (χ1n) is 8.29. The summed E-state index contributed by atoms with van der Waals surface area (Å²) in [5.74, 6) is -0.913. The number of morpholine rings is 1. The van der Waals surface area contributed by atoms with Crippen molar-refractivity contribution in [3.63, 3.8) is 0 Å². The number of hydrogen-bond donors (Lipinski definition) is 1. The lowest BCUT2D eigenvalue weighted by Crippen LogP contribution is -2.41. The van der Waals surface area contributed by atoms with Crippen LogP contribution in [0.4, 0.5) is 20.2 Å². The van der Waals surface area contributed by atoms with Gasteiger partial charge in [0.25, 0.3) is 5.69 Å². The van der Waals surface area contributed by atoms with E-state index in [0.29, 0.717) is 26.3 Å².